The zero-order valence-corrected chi connectivity index (χ0v) is 12.0. The lowest BCUT2D eigenvalue weighted by Gasteiger charge is -2.47. The molecule has 0 aliphatic heterocycles. The predicted octanol–water partition coefficient (Wildman–Crippen LogP) is 4.25. The van der Waals surface area contributed by atoms with Crippen LogP contribution in [-0.2, 0) is 0 Å². The molecule has 1 N–H and O–H groups in total. The van der Waals surface area contributed by atoms with Crippen LogP contribution in [0.1, 0.15) is 67.2 Å². The predicted molar refractivity (Wildman–Crippen MR) is 70.4 cm³/mol. The summed E-state index contributed by atoms with van der Waals surface area (Å²) in [6.45, 7) is 13.4. The molecule has 1 unspecified atom stereocenters. The van der Waals surface area contributed by atoms with Crippen LogP contribution in [0.15, 0.2) is 0 Å². The Morgan fingerprint density at radius 3 is 1.94 bits per heavy atom. The van der Waals surface area contributed by atoms with Crippen molar-refractivity contribution >= 4 is 0 Å². The number of hydrogen-bond donors (Lipinski definition) is 1. The lowest BCUT2D eigenvalue weighted by Crippen LogP contribution is -2.51. The van der Waals surface area contributed by atoms with Crippen molar-refractivity contribution in [3.05, 3.63) is 0 Å². The first kappa shape index (κ1) is 14.0. The molecule has 1 saturated carbocycles. The standard InChI is InChI=1S/C15H30O/c1-11(2)9-10-14(5,6)15(16,12(3)4)13-7-8-13/h11-13,16H,7-10H2,1-6H3. The third-order valence-corrected chi connectivity index (χ3v) is 4.51. The van der Waals surface area contributed by atoms with Crippen LogP contribution in [0.25, 0.3) is 0 Å². The van der Waals surface area contributed by atoms with E-state index in [2.05, 4.69) is 41.5 Å². The first-order valence-electron chi connectivity index (χ1n) is 6.94. The molecule has 1 aliphatic carbocycles. The first-order chi connectivity index (χ1) is 7.22. The van der Waals surface area contributed by atoms with Gasteiger partial charge < -0.3 is 5.11 Å². The van der Waals surface area contributed by atoms with Crippen LogP contribution in [0, 0.1) is 23.2 Å². The van der Waals surface area contributed by atoms with Gasteiger partial charge in [-0.15, -0.1) is 0 Å². The summed E-state index contributed by atoms with van der Waals surface area (Å²) in [5, 5.41) is 11.1. The molecule has 0 bridgehead atoms. The van der Waals surface area contributed by atoms with Gasteiger partial charge >= 0.3 is 0 Å². The van der Waals surface area contributed by atoms with Gasteiger partial charge in [0.2, 0.25) is 0 Å². The fourth-order valence-electron chi connectivity index (χ4n) is 3.18. The number of aliphatic hydroxyl groups is 1. The Balaban J connectivity index is 2.76. The van der Waals surface area contributed by atoms with E-state index in [9.17, 15) is 5.11 Å². The minimum Gasteiger partial charge on any atom is -0.389 e. The van der Waals surface area contributed by atoms with E-state index >= 15 is 0 Å². The van der Waals surface area contributed by atoms with Crippen molar-refractivity contribution in [2.45, 2.75) is 72.8 Å². The van der Waals surface area contributed by atoms with E-state index in [-0.39, 0.29) is 5.41 Å². The maximum Gasteiger partial charge on any atom is 0.0749 e. The lowest BCUT2D eigenvalue weighted by atomic mass is 9.63. The third-order valence-electron chi connectivity index (χ3n) is 4.51. The highest BCUT2D eigenvalue weighted by Crippen LogP contribution is 2.54. The molecular formula is C15H30O. The lowest BCUT2D eigenvalue weighted by molar-refractivity contribution is -0.125. The van der Waals surface area contributed by atoms with Crippen LogP contribution in [0.2, 0.25) is 0 Å². The molecular weight excluding hydrogens is 196 g/mol. The van der Waals surface area contributed by atoms with Crippen LogP contribution in [0.4, 0.5) is 0 Å². The molecule has 0 amide bonds. The van der Waals surface area contributed by atoms with Crippen molar-refractivity contribution in [3.8, 4) is 0 Å². The van der Waals surface area contributed by atoms with Crippen molar-refractivity contribution in [3.63, 3.8) is 0 Å². The van der Waals surface area contributed by atoms with E-state index in [0.29, 0.717) is 11.8 Å². The van der Waals surface area contributed by atoms with Crippen LogP contribution >= 0.6 is 0 Å². The van der Waals surface area contributed by atoms with Gasteiger partial charge in [-0.25, -0.2) is 0 Å². The van der Waals surface area contributed by atoms with Gasteiger partial charge in [-0.2, -0.15) is 0 Å². The van der Waals surface area contributed by atoms with E-state index in [0.717, 1.165) is 12.3 Å². The summed E-state index contributed by atoms with van der Waals surface area (Å²) in [6.07, 6.45) is 4.80. The van der Waals surface area contributed by atoms with E-state index in [1.165, 1.54) is 19.3 Å². The molecule has 0 spiro atoms. The molecule has 1 aliphatic rings. The highest BCUT2D eigenvalue weighted by Gasteiger charge is 2.54. The third kappa shape index (κ3) is 2.61. The molecule has 1 heteroatoms. The molecule has 1 rings (SSSR count). The molecule has 16 heavy (non-hydrogen) atoms. The molecule has 0 saturated heterocycles. The molecule has 0 aromatic carbocycles. The minimum absolute atomic E-state index is 0.0482. The van der Waals surface area contributed by atoms with Crippen molar-refractivity contribution < 1.29 is 5.11 Å². The van der Waals surface area contributed by atoms with Gasteiger partial charge in [-0.3, -0.25) is 0 Å². The Bertz CT molecular complexity index is 222. The topological polar surface area (TPSA) is 20.2 Å². The van der Waals surface area contributed by atoms with E-state index < -0.39 is 5.60 Å². The maximum absolute atomic E-state index is 11.1. The summed E-state index contributed by atoms with van der Waals surface area (Å²) >= 11 is 0. The zero-order chi connectivity index (χ0) is 12.6. The summed E-state index contributed by atoms with van der Waals surface area (Å²) in [6, 6.07) is 0. The number of hydrogen-bond acceptors (Lipinski definition) is 1. The van der Waals surface area contributed by atoms with Crippen LogP contribution in [0.3, 0.4) is 0 Å². The molecule has 96 valence electrons. The average molecular weight is 226 g/mol. The van der Waals surface area contributed by atoms with Crippen LogP contribution < -0.4 is 0 Å². The average Bonchev–Trinajstić information content (AvgIpc) is 2.96. The monoisotopic (exact) mass is 226 g/mol. The van der Waals surface area contributed by atoms with Gasteiger partial charge in [0.25, 0.3) is 0 Å². The summed E-state index contributed by atoms with van der Waals surface area (Å²) in [7, 11) is 0. The highest BCUT2D eigenvalue weighted by atomic mass is 16.3. The van der Waals surface area contributed by atoms with E-state index in [1.807, 2.05) is 0 Å². The Kier molecular flexibility index (Phi) is 4.10. The van der Waals surface area contributed by atoms with Crippen LogP contribution in [-0.4, -0.2) is 10.7 Å². The summed E-state index contributed by atoms with van der Waals surface area (Å²) in [5.41, 5.74) is -0.408. The SMILES string of the molecule is CC(C)CCC(C)(C)C(O)(C(C)C)C1CC1. The molecule has 0 aromatic heterocycles. The summed E-state index contributed by atoms with van der Waals surface area (Å²) in [4.78, 5) is 0. The largest absolute Gasteiger partial charge is 0.389 e. The summed E-state index contributed by atoms with van der Waals surface area (Å²) < 4.78 is 0. The fourth-order valence-corrected chi connectivity index (χ4v) is 3.18. The second-order valence-electron chi connectivity index (χ2n) is 7.07. The smallest absolute Gasteiger partial charge is 0.0749 e. The van der Waals surface area contributed by atoms with Crippen molar-refractivity contribution in [1.82, 2.24) is 0 Å². The van der Waals surface area contributed by atoms with Crippen molar-refractivity contribution in [2.75, 3.05) is 0 Å². The Labute approximate surface area is 102 Å². The quantitative estimate of drug-likeness (QED) is 0.718. The van der Waals surface area contributed by atoms with Gasteiger partial charge in [-0.1, -0.05) is 48.0 Å². The van der Waals surface area contributed by atoms with Gasteiger partial charge in [0.05, 0.1) is 5.60 Å². The van der Waals surface area contributed by atoms with Gasteiger partial charge in [0.15, 0.2) is 0 Å². The molecule has 0 radical (unpaired) electrons. The molecule has 1 fully saturated rings. The normalized spacial score (nSPS) is 21.6. The second kappa shape index (κ2) is 4.68. The Morgan fingerprint density at radius 2 is 1.62 bits per heavy atom. The first-order valence-corrected chi connectivity index (χ1v) is 6.94. The van der Waals surface area contributed by atoms with Crippen molar-refractivity contribution in [1.29, 1.82) is 0 Å². The molecule has 0 heterocycles. The van der Waals surface area contributed by atoms with Gasteiger partial charge in [0.1, 0.15) is 0 Å². The molecule has 0 aromatic rings. The van der Waals surface area contributed by atoms with Gasteiger partial charge in [0, 0.05) is 0 Å². The summed E-state index contributed by atoms with van der Waals surface area (Å²) in [5.74, 6) is 1.65. The Hall–Kier alpha value is -0.0400. The van der Waals surface area contributed by atoms with Gasteiger partial charge in [-0.05, 0) is 42.4 Å². The molecule has 1 atom stereocenters. The Morgan fingerprint density at radius 1 is 1.12 bits per heavy atom. The molecule has 1 nitrogen and oxygen atoms in total. The van der Waals surface area contributed by atoms with Crippen molar-refractivity contribution in [2.24, 2.45) is 23.2 Å². The zero-order valence-electron chi connectivity index (χ0n) is 12.0. The fraction of sp³-hybridized carbons (Fsp3) is 1.00. The second-order valence-corrected chi connectivity index (χ2v) is 7.07. The maximum atomic E-state index is 11.1. The van der Waals surface area contributed by atoms with E-state index in [1.54, 1.807) is 0 Å². The van der Waals surface area contributed by atoms with Crippen LogP contribution in [0.5, 0.6) is 0 Å². The van der Waals surface area contributed by atoms with E-state index in [4.69, 9.17) is 0 Å². The highest BCUT2D eigenvalue weighted by molar-refractivity contribution is 5.05. The number of rotatable bonds is 6. The minimum atomic E-state index is -0.456.